The van der Waals surface area contributed by atoms with E-state index in [2.05, 4.69) is 15.6 Å². The monoisotopic (exact) mass is 327 g/mol. The van der Waals surface area contributed by atoms with Crippen molar-refractivity contribution in [2.45, 2.75) is 26.4 Å². The summed E-state index contributed by atoms with van der Waals surface area (Å²) in [7, 11) is 0. The molecule has 0 heterocycles. The van der Waals surface area contributed by atoms with Crippen LogP contribution < -0.4 is 10.6 Å². The van der Waals surface area contributed by atoms with Crippen molar-refractivity contribution < 1.29 is 9.84 Å². The molecule has 0 amide bonds. The van der Waals surface area contributed by atoms with Gasteiger partial charge in [-0.15, -0.1) is 0 Å². The summed E-state index contributed by atoms with van der Waals surface area (Å²) >= 11 is 6.07. The van der Waals surface area contributed by atoms with Crippen LogP contribution >= 0.6 is 11.6 Å². The van der Waals surface area contributed by atoms with Crippen LogP contribution in [0.15, 0.2) is 29.3 Å². The van der Waals surface area contributed by atoms with E-state index in [1.165, 1.54) is 0 Å². The molecule has 1 unspecified atom stereocenters. The Bertz CT molecular complexity index is 455. The second kappa shape index (κ2) is 11.3. The van der Waals surface area contributed by atoms with Crippen LogP contribution in [0.4, 0.5) is 0 Å². The number of halogens is 1. The Morgan fingerprint density at radius 2 is 2.09 bits per heavy atom. The van der Waals surface area contributed by atoms with Gasteiger partial charge in [0.1, 0.15) is 6.10 Å². The van der Waals surface area contributed by atoms with Gasteiger partial charge in [-0.1, -0.05) is 29.8 Å². The minimum Gasteiger partial charge on any atom is -0.386 e. The molecule has 3 N–H and O–H groups in total. The molecule has 22 heavy (non-hydrogen) atoms. The normalized spacial score (nSPS) is 13.0. The molecule has 0 aromatic heterocycles. The van der Waals surface area contributed by atoms with Gasteiger partial charge in [-0.05, 0) is 26.3 Å². The molecule has 0 fully saturated rings. The van der Waals surface area contributed by atoms with Gasteiger partial charge in [0.25, 0.3) is 0 Å². The summed E-state index contributed by atoms with van der Waals surface area (Å²) in [5.41, 5.74) is 0.695. The van der Waals surface area contributed by atoms with Gasteiger partial charge in [-0.3, -0.25) is 4.99 Å². The highest BCUT2D eigenvalue weighted by atomic mass is 35.5. The third kappa shape index (κ3) is 7.11. The molecule has 0 aliphatic heterocycles. The van der Waals surface area contributed by atoms with Gasteiger partial charge in [-0.25, -0.2) is 0 Å². The highest BCUT2D eigenvalue weighted by Gasteiger charge is 2.10. The largest absolute Gasteiger partial charge is 0.386 e. The number of hydrogen-bond acceptors (Lipinski definition) is 3. The number of aliphatic hydroxyl groups excluding tert-OH is 1. The molecule has 0 spiro atoms. The lowest BCUT2D eigenvalue weighted by Gasteiger charge is -2.14. The lowest BCUT2D eigenvalue weighted by molar-refractivity contribution is 0.145. The maximum absolute atomic E-state index is 10.2. The molecule has 0 saturated carbocycles. The van der Waals surface area contributed by atoms with E-state index in [-0.39, 0.29) is 6.54 Å². The first-order valence-corrected chi connectivity index (χ1v) is 8.09. The van der Waals surface area contributed by atoms with Crippen LogP contribution in [0.5, 0.6) is 0 Å². The van der Waals surface area contributed by atoms with Crippen LogP contribution in [0.1, 0.15) is 31.9 Å². The molecule has 6 heteroatoms. The molecule has 1 atom stereocenters. The number of aliphatic imine (C=N–C) groups is 1. The minimum atomic E-state index is -0.715. The number of nitrogens with one attached hydrogen (secondary N) is 2. The minimum absolute atomic E-state index is 0.254. The average molecular weight is 328 g/mol. The van der Waals surface area contributed by atoms with Crippen LogP contribution in [-0.4, -0.2) is 43.9 Å². The highest BCUT2D eigenvalue weighted by molar-refractivity contribution is 6.31. The number of aliphatic hydroxyl groups is 1. The number of nitrogens with zero attached hydrogens (tertiary/aromatic N) is 1. The molecule has 5 nitrogen and oxygen atoms in total. The van der Waals surface area contributed by atoms with Gasteiger partial charge in [0.05, 0.1) is 6.54 Å². The first kappa shape index (κ1) is 18.7. The van der Waals surface area contributed by atoms with Crippen LogP contribution in [0.3, 0.4) is 0 Å². The predicted molar refractivity (Wildman–Crippen MR) is 91.5 cm³/mol. The predicted octanol–water partition coefficient (Wildman–Crippen LogP) is 2.36. The van der Waals surface area contributed by atoms with E-state index in [1.807, 2.05) is 32.0 Å². The summed E-state index contributed by atoms with van der Waals surface area (Å²) in [5, 5.41) is 17.1. The second-order valence-electron chi connectivity index (χ2n) is 4.73. The SMILES string of the molecule is CCNC(=NCC(O)c1ccccc1Cl)NCCCOCC. The van der Waals surface area contributed by atoms with Crippen molar-refractivity contribution in [2.75, 3.05) is 32.8 Å². The lowest BCUT2D eigenvalue weighted by atomic mass is 10.1. The maximum atomic E-state index is 10.2. The van der Waals surface area contributed by atoms with Crippen LogP contribution in [0.2, 0.25) is 5.02 Å². The molecule has 1 aromatic carbocycles. The molecule has 0 radical (unpaired) electrons. The topological polar surface area (TPSA) is 65.9 Å². The highest BCUT2D eigenvalue weighted by Crippen LogP contribution is 2.22. The fraction of sp³-hybridized carbons (Fsp3) is 0.562. The summed E-state index contributed by atoms with van der Waals surface area (Å²) in [4.78, 5) is 4.39. The molecule has 1 aromatic rings. The fourth-order valence-electron chi connectivity index (χ4n) is 1.89. The maximum Gasteiger partial charge on any atom is 0.191 e. The smallest absolute Gasteiger partial charge is 0.191 e. The Labute approximate surface area is 137 Å². The van der Waals surface area contributed by atoms with E-state index in [9.17, 15) is 5.11 Å². The van der Waals surface area contributed by atoms with Gasteiger partial charge >= 0.3 is 0 Å². The average Bonchev–Trinajstić information content (AvgIpc) is 2.52. The quantitative estimate of drug-likeness (QED) is 0.370. The summed E-state index contributed by atoms with van der Waals surface area (Å²) in [5.74, 6) is 0.685. The molecule has 124 valence electrons. The zero-order valence-corrected chi connectivity index (χ0v) is 14.1. The van der Waals surface area contributed by atoms with Crippen molar-refractivity contribution >= 4 is 17.6 Å². The molecule has 0 aliphatic rings. The molecule has 0 aliphatic carbocycles. The third-order valence-corrected chi connectivity index (χ3v) is 3.34. The van der Waals surface area contributed by atoms with E-state index in [1.54, 1.807) is 6.07 Å². The van der Waals surface area contributed by atoms with E-state index in [0.717, 1.165) is 32.7 Å². The molecule has 1 rings (SSSR count). The fourth-order valence-corrected chi connectivity index (χ4v) is 2.15. The van der Waals surface area contributed by atoms with Crippen LogP contribution in [0.25, 0.3) is 0 Å². The zero-order valence-electron chi connectivity index (χ0n) is 13.3. The van der Waals surface area contributed by atoms with E-state index < -0.39 is 6.10 Å². The van der Waals surface area contributed by atoms with Crippen molar-refractivity contribution in [1.29, 1.82) is 0 Å². The number of guanidine groups is 1. The van der Waals surface area contributed by atoms with Crippen molar-refractivity contribution in [1.82, 2.24) is 10.6 Å². The van der Waals surface area contributed by atoms with Gasteiger partial charge in [0.15, 0.2) is 5.96 Å². The van der Waals surface area contributed by atoms with Crippen molar-refractivity contribution in [2.24, 2.45) is 4.99 Å². The number of ether oxygens (including phenoxy) is 1. The van der Waals surface area contributed by atoms with Crippen LogP contribution in [-0.2, 0) is 4.74 Å². The van der Waals surface area contributed by atoms with E-state index in [0.29, 0.717) is 16.5 Å². The molecule has 0 bridgehead atoms. The van der Waals surface area contributed by atoms with Gasteiger partial charge in [0, 0.05) is 36.9 Å². The van der Waals surface area contributed by atoms with Crippen molar-refractivity contribution in [3.05, 3.63) is 34.9 Å². The Hall–Kier alpha value is -1.30. The summed E-state index contributed by atoms with van der Waals surface area (Å²) in [6.07, 6.45) is 0.193. The number of benzene rings is 1. The third-order valence-electron chi connectivity index (χ3n) is 2.99. The Morgan fingerprint density at radius 1 is 1.32 bits per heavy atom. The summed E-state index contributed by atoms with van der Waals surface area (Å²) in [6, 6.07) is 7.27. The van der Waals surface area contributed by atoms with Gasteiger partial charge in [-0.2, -0.15) is 0 Å². The molecule has 0 saturated heterocycles. The second-order valence-corrected chi connectivity index (χ2v) is 5.14. The van der Waals surface area contributed by atoms with Crippen molar-refractivity contribution in [3.8, 4) is 0 Å². The molecular formula is C16H26ClN3O2. The molecular weight excluding hydrogens is 302 g/mol. The Balaban J connectivity index is 2.48. The summed E-state index contributed by atoms with van der Waals surface area (Å²) in [6.45, 7) is 7.23. The van der Waals surface area contributed by atoms with Crippen molar-refractivity contribution in [3.63, 3.8) is 0 Å². The first-order chi connectivity index (χ1) is 10.7. The first-order valence-electron chi connectivity index (χ1n) is 7.71. The summed E-state index contributed by atoms with van der Waals surface area (Å²) < 4.78 is 5.29. The van der Waals surface area contributed by atoms with Crippen LogP contribution in [0, 0.1) is 0 Å². The lowest BCUT2D eigenvalue weighted by Crippen LogP contribution is -2.38. The zero-order chi connectivity index (χ0) is 16.2. The number of rotatable bonds is 9. The van der Waals surface area contributed by atoms with Gasteiger partial charge < -0.3 is 20.5 Å². The standard InChI is InChI=1S/C16H26ClN3O2/c1-3-18-16(19-10-7-11-22-4-2)20-12-15(21)13-8-5-6-9-14(13)17/h5-6,8-9,15,21H,3-4,7,10-12H2,1-2H3,(H2,18,19,20). The number of hydrogen-bond donors (Lipinski definition) is 3. The van der Waals surface area contributed by atoms with E-state index >= 15 is 0 Å². The van der Waals surface area contributed by atoms with Gasteiger partial charge in [0.2, 0.25) is 0 Å². The Kier molecular flexibility index (Phi) is 9.62. The van der Waals surface area contributed by atoms with E-state index in [4.69, 9.17) is 16.3 Å². The Morgan fingerprint density at radius 3 is 2.77 bits per heavy atom.